The summed E-state index contributed by atoms with van der Waals surface area (Å²) in [6.45, 7) is 0.818. The molecule has 1 saturated heterocycles. The molecule has 1 aliphatic carbocycles. The van der Waals surface area contributed by atoms with Gasteiger partial charge in [0.25, 0.3) is 0 Å². The minimum absolute atomic E-state index is 0.294. The number of carbonyl (C=O) groups is 1. The van der Waals surface area contributed by atoms with Gasteiger partial charge >= 0.3 is 5.97 Å². The summed E-state index contributed by atoms with van der Waals surface area (Å²) in [6.07, 6.45) is 6.48. The maximum Gasteiger partial charge on any atom is 0.326 e. The zero-order valence-electron chi connectivity index (χ0n) is 9.49. The highest BCUT2D eigenvalue weighted by atomic mass is 16.4. The number of anilines is 1. The number of carboxylic acid groups (broad SMARTS) is 1. The second kappa shape index (κ2) is 3.98. The highest BCUT2D eigenvalue weighted by Gasteiger charge is 2.48. The second-order valence-electron chi connectivity index (χ2n) is 4.86. The molecule has 3 unspecified atom stereocenters. The number of hydrogen-bond donors (Lipinski definition) is 1. The van der Waals surface area contributed by atoms with Crippen LogP contribution in [0.3, 0.4) is 0 Å². The zero-order valence-corrected chi connectivity index (χ0v) is 9.49. The van der Waals surface area contributed by atoms with Crippen molar-refractivity contribution in [3.05, 3.63) is 18.6 Å². The van der Waals surface area contributed by atoms with Crippen molar-refractivity contribution in [1.29, 1.82) is 0 Å². The zero-order chi connectivity index (χ0) is 11.8. The van der Waals surface area contributed by atoms with Crippen molar-refractivity contribution >= 4 is 11.8 Å². The van der Waals surface area contributed by atoms with Crippen LogP contribution in [0.25, 0.3) is 0 Å². The summed E-state index contributed by atoms with van der Waals surface area (Å²) >= 11 is 0. The molecule has 17 heavy (non-hydrogen) atoms. The predicted molar refractivity (Wildman–Crippen MR) is 61.6 cm³/mol. The number of carboxylic acids is 1. The fraction of sp³-hybridized carbons (Fsp3) is 0.583. The number of rotatable bonds is 2. The normalized spacial score (nSPS) is 31.5. The topological polar surface area (TPSA) is 66.3 Å². The van der Waals surface area contributed by atoms with Crippen LogP contribution < -0.4 is 4.90 Å². The van der Waals surface area contributed by atoms with E-state index < -0.39 is 12.0 Å². The van der Waals surface area contributed by atoms with Crippen LogP contribution in [0.1, 0.15) is 19.3 Å². The minimum atomic E-state index is -0.724. The lowest BCUT2D eigenvalue weighted by atomic mass is 9.94. The lowest BCUT2D eigenvalue weighted by Crippen LogP contribution is -2.40. The standard InChI is InChI=1S/C12H15N3O2/c16-12(17)11-9-3-1-2-8(9)6-15(11)10-4-5-13-7-14-10/h4-5,7-9,11H,1-3,6H2,(H,16,17). The molecule has 0 bridgehead atoms. The van der Waals surface area contributed by atoms with Gasteiger partial charge in [0.2, 0.25) is 0 Å². The van der Waals surface area contributed by atoms with Crippen LogP contribution in [0.15, 0.2) is 18.6 Å². The number of aromatic nitrogens is 2. The van der Waals surface area contributed by atoms with Gasteiger partial charge in [-0.3, -0.25) is 0 Å². The molecule has 0 aromatic carbocycles. The highest BCUT2D eigenvalue weighted by molar-refractivity contribution is 5.79. The smallest absolute Gasteiger partial charge is 0.326 e. The van der Waals surface area contributed by atoms with E-state index in [0.29, 0.717) is 11.8 Å². The SMILES string of the molecule is O=C(O)C1C2CCCC2CN1c1ccncn1. The number of nitrogens with zero attached hydrogens (tertiary/aromatic N) is 3. The minimum Gasteiger partial charge on any atom is -0.480 e. The molecule has 90 valence electrons. The van der Waals surface area contributed by atoms with Gasteiger partial charge in [-0.1, -0.05) is 6.42 Å². The summed E-state index contributed by atoms with van der Waals surface area (Å²) in [7, 11) is 0. The van der Waals surface area contributed by atoms with E-state index in [1.54, 1.807) is 12.3 Å². The first-order valence-electron chi connectivity index (χ1n) is 6.03. The van der Waals surface area contributed by atoms with Crippen LogP contribution >= 0.6 is 0 Å². The van der Waals surface area contributed by atoms with Gasteiger partial charge in [-0.25, -0.2) is 14.8 Å². The van der Waals surface area contributed by atoms with Crippen LogP contribution in [0, 0.1) is 11.8 Å². The first-order chi connectivity index (χ1) is 8.27. The fourth-order valence-electron chi connectivity index (χ4n) is 3.31. The molecule has 2 fully saturated rings. The molecule has 0 radical (unpaired) electrons. The Hall–Kier alpha value is -1.65. The van der Waals surface area contributed by atoms with Crippen molar-refractivity contribution in [2.45, 2.75) is 25.3 Å². The maximum atomic E-state index is 11.4. The van der Waals surface area contributed by atoms with Gasteiger partial charge in [0.1, 0.15) is 18.2 Å². The molecule has 1 N–H and O–H groups in total. The Morgan fingerprint density at radius 1 is 1.47 bits per heavy atom. The average molecular weight is 233 g/mol. The van der Waals surface area contributed by atoms with Gasteiger partial charge < -0.3 is 10.0 Å². The third-order valence-electron chi connectivity index (χ3n) is 4.00. The first kappa shape index (κ1) is 10.5. The molecule has 0 spiro atoms. The Bertz CT molecular complexity index is 423. The Morgan fingerprint density at radius 3 is 3.06 bits per heavy atom. The maximum absolute atomic E-state index is 11.4. The number of aliphatic carboxylic acids is 1. The van der Waals surface area contributed by atoms with E-state index in [1.807, 2.05) is 4.90 Å². The molecular weight excluding hydrogens is 218 g/mol. The van der Waals surface area contributed by atoms with Crippen LogP contribution in [-0.2, 0) is 4.79 Å². The van der Waals surface area contributed by atoms with Crippen molar-refractivity contribution in [1.82, 2.24) is 9.97 Å². The summed E-state index contributed by atoms with van der Waals surface area (Å²) < 4.78 is 0. The third kappa shape index (κ3) is 1.66. The van der Waals surface area contributed by atoms with Gasteiger partial charge in [-0.05, 0) is 30.7 Å². The lowest BCUT2D eigenvalue weighted by molar-refractivity contribution is -0.139. The molecule has 5 nitrogen and oxygen atoms in total. The Labute approximate surface area is 99.5 Å². The molecular formula is C12H15N3O2. The molecule has 1 aliphatic heterocycles. The molecule has 0 amide bonds. The van der Waals surface area contributed by atoms with Crippen molar-refractivity contribution in [3.63, 3.8) is 0 Å². The van der Waals surface area contributed by atoms with Gasteiger partial charge in [0, 0.05) is 12.7 Å². The molecule has 1 saturated carbocycles. The first-order valence-corrected chi connectivity index (χ1v) is 6.03. The highest BCUT2D eigenvalue weighted by Crippen LogP contribution is 2.43. The second-order valence-corrected chi connectivity index (χ2v) is 4.86. The van der Waals surface area contributed by atoms with E-state index in [2.05, 4.69) is 9.97 Å². The van der Waals surface area contributed by atoms with Gasteiger partial charge in [-0.15, -0.1) is 0 Å². The summed E-state index contributed by atoms with van der Waals surface area (Å²) in [6, 6.07) is 1.38. The largest absolute Gasteiger partial charge is 0.480 e. The summed E-state index contributed by atoms with van der Waals surface area (Å²) in [5, 5.41) is 9.41. The number of fused-ring (bicyclic) bond motifs is 1. The van der Waals surface area contributed by atoms with Crippen molar-refractivity contribution in [2.24, 2.45) is 11.8 Å². The monoisotopic (exact) mass is 233 g/mol. The van der Waals surface area contributed by atoms with E-state index in [1.165, 1.54) is 6.33 Å². The Balaban J connectivity index is 1.92. The Morgan fingerprint density at radius 2 is 2.35 bits per heavy atom. The summed E-state index contributed by atoms with van der Waals surface area (Å²) in [4.78, 5) is 21.4. The lowest BCUT2D eigenvalue weighted by Gasteiger charge is -2.24. The fourth-order valence-corrected chi connectivity index (χ4v) is 3.31. The van der Waals surface area contributed by atoms with E-state index >= 15 is 0 Å². The van der Waals surface area contributed by atoms with Gasteiger partial charge in [0.05, 0.1) is 0 Å². The van der Waals surface area contributed by atoms with Crippen LogP contribution in [0.5, 0.6) is 0 Å². The van der Waals surface area contributed by atoms with Crippen molar-refractivity contribution < 1.29 is 9.90 Å². The van der Waals surface area contributed by atoms with Crippen LogP contribution in [0.4, 0.5) is 5.82 Å². The number of hydrogen-bond acceptors (Lipinski definition) is 4. The molecule has 2 aliphatic rings. The molecule has 2 heterocycles. The van der Waals surface area contributed by atoms with Gasteiger partial charge in [-0.2, -0.15) is 0 Å². The molecule has 3 rings (SSSR count). The van der Waals surface area contributed by atoms with Gasteiger partial charge in [0.15, 0.2) is 0 Å². The third-order valence-corrected chi connectivity index (χ3v) is 4.00. The molecule has 1 aromatic heterocycles. The quantitative estimate of drug-likeness (QED) is 0.830. The van der Waals surface area contributed by atoms with E-state index in [4.69, 9.17) is 0 Å². The Kier molecular flexibility index (Phi) is 2.46. The van der Waals surface area contributed by atoms with E-state index in [9.17, 15) is 9.90 Å². The predicted octanol–water partition coefficient (Wildman–Crippen LogP) is 1.17. The van der Waals surface area contributed by atoms with E-state index in [0.717, 1.165) is 31.6 Å². The van der Waals surface area contributed by atoms with Crippen molar-refractivity contribution in [3.8, 4) is 0 Å². The van der Waals surface area contributed by atoms with Crippen molar-refractivity contribution in [2.75, 3.05) is 11.4 Å². The van der Waals surface area contributed by atoms with Crippen LogP contribution in [0.2, 0.25) is 0 Å². The molecule has 5 heteroatoms. The molecule has 1 aromatic rings. The summed E-state index contributed by atoms with van der Waals surface area (Å²) in [5.74, 6) is 0.827. The molecule has 3 atom stereocenters. The average Bonchev–Trinajstić information content (AvgIpc) is 2.88. The summed E-state index contributed by atoms with van der Waals surface area (Å²) in [5.41, 5.74) is 0. The van der Waals surface area contributed by atoms with Crippen LogP contribution in [-0.4, -0.2) is 33.6 Å². The van der Waals surface area contributed by atoms with E-state index in [-0.39, 0.29) is 0 Å².